The molecule has 0 saturated heterocycles. The third-order valence-electron chi connectivity index (χ3n) is 5.15. The highest BCUT2D eigenvalue weighted by molar-refractivity contribution is 5.92. The third-order valence-corrected chi connectivity index (χ3v) is 5.15. The topological polar surface area (TPSA) is 85.0 Å². The molecule has 7 heteroatoms. The van der Waals surface area contributed by atoms with E-state index in [2.05, 4.69) is 44.1 Å². The van der Waals surface area contributed by atoms with E-state index in [1.807, 2.05) is 36.7 Å². The average molecular weight is 409 g/mol. The Bertz CT molecular complexity index is 1370. The minimum Gasteiger partial charge on any atom is -0.478 e. The standard InChI is InChI=1S/C24H19N5O2/c30-24(31)20-9-8-18(13-23(20)28-11-10-25-15-28)26-14-17-4-3-5-19(12-17)29-16-27-21-6-1-2-7-22(21)29/h1-13,15-16,26H,14H2,(H,30,31). The van der Waals surface area contributed by atoms with Crippen LogP contribution < -0.4 is 5.32 Å². The molecule has 0 amide bonds. The van der Waals surface area contributed by atoms with E-state index in [0.717, 1.165) is 28.0 Å². The summed E-state index contributed by atoms with van der Waals surface area (Å²) in [5, 5.41) is 12.9. The smallest absolute Gasteiger partial charge is 0.337 e. The zero-order valence-electron chi connectivity index (χ0n) is 16.5. The fraction of sp³-hybridized carbons (Fsp3) is 0.0417. The van der Waals surface area contributed by atoms with Gasteiger partial charge in [0.05, 0.1) is 28.6 Å². The molecule has 7 nitrogen and oxygen atoms in total. The number of aromatic carboxylic acids is 1. The first-order chi connectivity index (χ1) is 15.2. The Labute approximate surface area is 178 Å². The normalized spacial score (nSPS) is 11.0. The fourth-order valence-corrected chi connectivity index (χ4v) is 3.62. The van der Waals surface area contributed by atoms with Crippen molar-refractivity contribution in [2.24, 2.45) is 0 Å². The predicted octanol–water partition coefficient (Wildman–Crippen LogP) is 4.52. The van der Waals surface area contributed by atoms with Crippen LogP contribution in [0.5, 0.6) is 0 Å². The van der Waals surface area contributed by atoms with E-state index in [-0.39, 0.29) is 5.56 Å². The molecular formula is C24H19N5O2. The van der Waals surface area contributed by atoms with E-state index in [4.69, 9.17) is 0 Å². The van der Waals surface area contributed by atoms with Crippen LogP contribution in [0, 0.1) is 0 Å². The van der Waals surface area contributed by atoms with Crippen LogP contribution in [-0.4, -0.2) is 30.2 Å². The number of aromatic nitrogens is 4. The molecule has 0 aliphatic heterocycles. The van der Waals surface area contributed by atoms with Gasteiger partial charge in [-0.15, -0.1) is 0 Å². The van der Waals surface area contributed by atoms with Gasteiger partial charge in [-0.3, -0.25) is 4.57 Å². The molecule has 0 aliphatic carbocycles. The van der Waals surface area contributed by atoms with Crippen molar-refractivity contribution in [1.82, 2.24) is 19.1 Å². The van der Waals surface area contributed by atoms with Gasteiger partial charge in [0.2, 0.25) is 0 Å². The molecule has 0 radical (unpaired) electrons. The van der Waals surface area contributed by atoms with E-state index in [1.54, 1.807) is 35.4 Å². The lowest BCUT2D eigenvalue weighted by molar-refractivity contribution is 0.0697. The molecule has 0 aliphatic rings. The number of anilines is 1. The highest BCUT2D eigenvalue weighted by atomic mass is 16.4. The summed E-state index contributed by atoms with van der Waals surface area (Å²) in [4.78, 5) is 20.1. The molecular weight excluding hydrogens is 390 g/mol. The Morgan fingerprint density at radius 3 is 2.74 bits per heavy atom. The average Bonchev–Trinajstić information content (AvgIpc) is 3.48. The predicted molar refractivity (Wildman–Crippen MR) is 119 cm³/mol. The second-order valence-electron chi connectivity index (χ2n) is 7.13. The van der Waals surface area contributed by atoms with Crippen molar-refractivity contribution in [1.29, 1.82) is 0 Å². The molecule has 31 heavy (non-hydrogen) atoms. The number of hydrogen-bond acceptors (Lipinski definition) is 4. The van der Waals surface area contributed by atoms with Crippen molar-refractivity contribution < 1.29 is 9.90 Å². The van der Waals surface area contributed by atoms with Gasteiger partial charge in [0, 0.05) is 30.3 Å². The van der Waals surface area contributed by atoms with Gasteiger partial charge >= 0.3 is 5.97 Å². The number of nitrogens with zero attached hydrogens (tertiary/aromatic N) is 4. The van der Waals surface area contributed by atoms with Gasteiger partial charge < -0.3 is 15.0 Å². The Kier molecular flexibility index (Phi) is 4.68. The second kappa shape index (κ2) is 7.79. The lowest BCUT2D eigenvalue weighted by Crippen LogP contribution is -2.06. The zero-order chi connectivity index (χ0) is 21.2. The summed E-state index contributed by atoms with van der Waals surface area (Å²) in [6.07, 6.45) is 6.77. The summed E-state index contributed by atoms with van der Waals surface area (Å²) in [5.74, 6) is -0.976. The number of carbonyl (C=O) groups is 1. The van der Waals surface area contributed by atoms with Crippen molar-refractivity contribution >= 4 is 22.7 Å². The summed E-state index contributed by atoms with van der Waals surface area (Å²) in [5.41, 5.74) is 5.76. The minimum atomic E-state index is -0.976. The molecule has 5 rings (SSSR count). The lowest BCUT2D eigenvalue weighted by Gasteiger charge is -2.12. The van der Waals surface area contributed by atoms with Gasteiger partial charge in [0.1, 0.15) is 6.33 Å². The molecule has 0 fully saturated rings. The Morgan fingerprint density at radius 2 is 1.90 bits per heavy atom. The largest absolute Gasteiger partial charge is 0.478 e. The number of carboxylic acid groups (broad SMARTS) is 1. The highest BCUT2D eigenvalue weighted by Gasteiger charge is 2.12. The maximum Gasteiger partial charge on any atom is 0.337 e. The van der Waals surface area contributed by atoms with Crippen LogP contribution in [0.3, 0.4) is 0 Å². The Balaban J connectivity index is 1.40. The zero-order valence-corrected chi connectivity index (χ0v) is 16.5. The molecule has 5 aromatic rings. The van der Waals surface area contributed by atoms with Crippen molar-refractivity contribution in [2.75, 3.05) is 5.32 Å². The number of para-hydroxylation sites is 2. The first-order valence-corrected chi connectivity index (χ1v) is 9.80. The fourth-order valence-electron chi connectivity index (χ4n) is 3.62. The van der Waals surface area contributed by atoms with Crippen LogP contribution in [0.1, 0.15) is 15.9 Å². The highest BCUT2D eigenvalue weighted by Crippen LogP contribution is 2.22. The maximum atomic E-state index is 11.6. The quantitative estimate of drug-likeness (QED) is 0.431. The van der Waals surface area contributed by atoms with Crippen molar-refractivity contribution in [3.8, 4) is 11.4 Å². The molecule has 2 N–H and O–H groups in total. The van der Waals surface area contributed by atoms with E-state index >= 15 is 0 Å². The number of hydrogen-bond donors (Lipinski definition) is 2. The minimum absolute atomic E-state index is 0.220. The number of nitrogens with one attached hydrogen (secondary N) is 1. The monoisotopic (exact) mass is 409 g/mol. The summed E-state index contributed by atoms with van der Waals surface area (Å²) < 4.78 is 3.76. The molecule has 3 aromatic carbocycles. The number of benzene rings is 3. The van der Waals surface area contributed by atoms with Crippen LogP contribution >= 0.6 is 0 Å². The summed E-state index contributed by atoms with van der Waals surface area (Å²) in [7, 11) is 0. The van der Waals surface area contributed by atoms with E-state index in [9.17, 15) is 9.90 Å². The maximum absolute atomic E-state index is 11.6. The third kappa shape index (κ3) is 3.64. The Morgan fingerprint density at radius 1 is 1.00 bits per heavy atom. The molecule has 152 valence electrons. The van der Waals surface area contributed by atoms with Crippen LogP contribution in [0.25, 0.3) is 22.4 Å². The van der Waals surface area contributed by atoms with Gasteiger partial charge in [-0.2, -0.15) is 0 Å². The summed E-state index contributed by atoms with van der Waals surface area (Å²) >= 11 is 0. The Hall–Kier alpha value is -4.39. The first kappa shape index (κ1) is 18.6. The van der Waals surface area contributed by atoms with Crippen LogP contribution in [0.4, 0.5) is 5.69 Å². The molecule has 0 saturated carbocycles. The number of rotatable bonds is 6. The van der Waals surface area contributed by atoms with E-state index in [1.165, 1.54) is 0 Å². The summed E-state index contributed by atoms with van der Waals surface area (Å²) in [6, 6.07) is 21.5. The second-order valence-corrected chi connectivity index (χ2v) is 7.13. The summed E-state index contributed by atoms with van der Waals surface area (Å²) in [6.45, 7) is 0.594. The SMILES string of the molecule is O=C(O)c1ccc(NCc2cccc(-n3cnc4ccccc43)c2)cc1-n1ccnc1. The van der Waals surface area contributed by atoms with Crippen molar-refractivity contribution in [2.45, 2.75) is 6.54 Å². The van der Waals surface area contributed by atoms with Crippen molar-refractivity contribution in [3.05, 3.63) is 103 Å². The molecule has 2 heterocycles. The van der Waals surface area contributed by atoms with Gasteiger partial charge in [-0.1, -0.05) is 24.3 Å². The molecule has 0 atom stereocenters. The van der Waals surface area contributed by atoms with Gasteiger partial charge in [0.25, 0.3) is 0 Å². The molecule has 0 spiro atoms. The first-order valence-electron chi connectivity index (χ1n) is 9.80. The van der Waals surface area contributed by atoms with E-state index < -0.39 is 5.97 Å². The number of carboxylic acids is 1. The van der Waals surface area contributed by atoms with Crippen molar-refractivity contribution in [3.63, 3.8) is 0 Å². The van der Waals surface area contributed by atoms with Crippen LogP contribution in [-0.2, 0) is 6.54 Å². The number of fused-ring (bicyclic) bond motifs is 1. The lowest BCUT2D eigenvalue weighted by atomic mass is 10.1. The van der Waals surface area contributed by atoms with Gasteiger partial charge in [0.15, 0.2) is 0 Å². The van der Waals surface area contributed by atoms with Crippen LogP contribution in [0.2, 0.25) is 0 Å². The van der Waals surface area contributed by atoms with Gasteiger partial charge in [-0.05, 0) is 48.0 Å². The van der Waals surface area contributed by atoms with Crippen LogP contribution in [0.15, 0.2) is 91.8 Å². The number of imidazole rings is 2. The molecule has 0 bridgehead atoms. The van der Waals surface area contributed by atoms with Gasteiger partial charge in [-0.25, -0.2) is 14.8 Å². The molecule has 0 unspecified atom stereocenters. The molecule has 2 aromatic heterocycles. The van der Waals surface area contributed by atoms with E-state index in [0.29, 0.717) is 12.2 Å².